The van der Waals surface area contributed by atoms with Gasteiger partial charge in [-0.05, 0) is 45.3 Å². The van der Waals surface area contributed by atoms with E-state index in [1.54, 1.807) is 0 Å². The highest BCUT2D eigenvalue weighted by Gasteiger charge is 2.32. The molecular weight excluding hydrogens is 172 g/mol. The molecule has 0 aromatic heterocycles. The monoisotopic (exact) mass is 198 g/mol. The summed E-state index contributed by atoms with van der Waals surface area (Å²) in [5, 5.41) is 3.51. The summed E-state index contributed by atoms with van der Waals surface area (Å²) in [7, 11) is 0. The number of piperidine rings is 1. The normalized spacial score (nSPS) is 34.1. The van der Waals surface area contributed by atoms with E-state index in [1.165, 1.54) is 19.6 Å². The van der Waals surface area contributed by atoms with Crippen LogP contribution in [0, 0.1) is 11.8 Å². The summed E-state index contributed by atoms with van der Waals surface area (Å²) < 4.78 is 0. The first-order chi connectivity index (χ1) is 6.57. The van der Waals surface area contributed by atoms with Crippen LogP contribution in [0.5, 0.6) is 0 Å². The number of hydrogen-bond donors (Lipinski definition) is 1. The summed E-state index contributed by atoms with van der Waals surface area (Å²) in [6, 6.07) is 1.44. The van der Waals surface area contributed by atoms with Crippen LogP contribution in [0.2, 0.25) is 0 Å². The molecule has 2 heteroatoms. The van der Waals surface area contributed by atoms with Crippen molar-refractivity contribution in [1.82, 2.24) is 10.2 Å². The second-order valence-electron chi connectivity index (χ2n) is 5.03. The molecule has 1 fully saturated rings. The fourth-order valence-corrected chi connectivity index (χ4v) is 2.91. The van der Waals surface area contributed by atoms with E-state index >= 15 is 0 Å². The van der Waals surface area contributed by atoms with Crippen LogP contribution in [0.25, 0.3) is 0 Å². The molecule has 2 atom stereocenters. The molecule has 14 heavy (non-hydrogen) atoms. The zero-order chi connectivity index (χ0) is 10.7. The Kier molecular flexibility index (Phi) is 4.39. The Labute approximate surface area is 89.1 Å². The van der Waals surface area contributed by atoms with Crippen LogP contribution in [0.3, 0.4) is 0 Å². The average molecular weight is 198 g/mol. The predicted octanol–water partition coefficient (Wildman–Crippen LogP) is 1.96. The lowest BCUT2D eigenvalue weighted by atomic mass is 9.85. The number of hydrogen-bond acceptors (Lipinski definition) is 2. The van der Waals surface area contributed by atoms with Crippen LogP contribution in [0.15, 0.2) is 0 Å². The van der Waals surface area contributed by atoms with Crippen LogP contribution in [-0.2, 0) is 0 Å². The molecule has 1 N–H and O–H groups in total. The van der Waals surface area contributed by atoms with E-state index in [9.17, 15) is 0 Å². The van der Waals surface area contributed by atoms with Crippen molar-refractivity contribution in [3.63, 3.8) is 0 Å². The smallest absolute Gasteiger partial charge is 0.0173 e. The average Bonchev–Trinajstić information content (AvgIpc) is 2.10. The van der Waals surface area contributed by atoms with Gasteiger partial charge in [-0.15, -0.1) is 0 Å². The van der Waals surface area contributed by atoms with Gasteiger partial charge in [0, 0.05) is 12.1 Å². The van der Waals surface area contributed by atoms with Crippen LogP contribution in [0.1, 0.15) is 34.6 Å². The molecule has 84 valence electrons. The molecule has 0 spiro atoms. The molecule has 1 heterocycles. The van der Waals surface area contributed by atoms with Gasteiger partial charge in [-0.25, -0.2) is 0 Å². The minimum absolute atomic E-state index is 0.674. The van der Waals surface area contributed by atoms with Gasteiger partial charge in [0.2, 0.25) is 0 Å². The molecule has 2 unspecified atom stereocenters. The number of nitrogens with zero attached hydrogens (tertiary/aromatic N) is 1. The summed E-state index contributed by atoms with van der Waals surface area (Å²) in [6.07, 6.45) is 0. The highest BCUT2D eigenvalue weighted by atomic mass is 15.2. The van der Waals surface area contributed by atoms with Gasteiger partial charge in [0.1, 0.15) is 0 Å². The van der Waals surface area contributed by atoms with Crippen molar-refractivity contribution in [2.24, 2.45) is 11.8 Å². The molecule has 2 nitrogen and oxygen atoms in total. The van der Waals surface area contributed by atoms with Gasteiger partial charge >= 0.3 is 0 Å². The standard InChI is InChI=1S/C12H26N2/c1-6-14(9(2)3)12-10(4)7-13-8-11(12)5/h9-13H,6-8H2,1-5H3. The van der Waals surface area contributed by atoms with Crippen LogP contribution < -0.4 is 5.32 Å². The van der Waals surface area contributed by atoms with Gasteiger partial charge in [-0.1, -0.05) is 20.8 Å². The molecule has 1 aliphatic rings. The first-order valence-electron chi connectivity index (χ1n) is 6.04. The third-order valence-corrected chi connectivity index (χ3v) is 3.51. The molecular formula is C12H26N2. The lowest BCUT2D eigenvalue weighted by Gasteiger charge is -2.44. The lowest BCUT2D eigenvalue weighted by Crippen LogP contribution is -2.55. The fraction of sp³-hybridized carbons (Fsp3) is 1.00. The van der Waals surface area contributed by atoms with E-state index in [0.29, 0.717) is 6.04 Å². The summed E-state index contributed by atoms with van der Waals surface area (Å²) in [6.45, 7) is 15.2. The van der Waals surface area contributed by atoms with Crippen molar-refractivity contribution in [1.29, 1.82) is 0 Å². The third kappa shape index (κ3) is 2.48. The summed E-state index contributed by atoms with van der Waals surface area (Å²) in [4.78, 5) is 2.65. The van der Waals surface area contributed by atoms with Gasteiger partial charge in [-0.3, -0.25) is 4.90 Å². The molecule has 0 bridgehead atoms. The molecule has 0 saturated carbocycles. The van der Waals surface area contributed by atoms with E-state index < -0.39 is 0 Å². The third-order valence-electron chi connectivity index (χ3n) is 3.51. The Bertz CT molecular complexity index is 158. The Morgan fingerprint density at radius 2 is 1.71 bits per heavy atom. The Hall–Kier alpha value is -0.0800. The van der Waals surface area contributed by atoms with E-state index in [1.807, 2.05) is 0 Å². The maximum Gasteiger partial charge on any atom is 0.0173 e. The maximum absolute atomic E-state index is 3.51. The van der Waals surface area contributed by atoms with Gasteiger partial charge in [-0.2, -0.15) is 0 Å². The van der Waals surface area contributed by atoms with Crippen molar-refractivity contribution in [2.45, 2.75) is 46.7 Å². The number of rotatable bonds is 3. The second kappa shape index (κ2) is 5.13. The van der Waals surface area contributed by atoms with Crippen molar-refractivity contribution >= 4 is 0 Å². The molecule has 0 aliphatic carbocycles. The topological polar surface area (TPSA) is 15.3 Å². The zero-order valence-corrected chi connectivity index (χ0v) is 10.4. The summed E-state index contributed by atoms with van der Waals surface area (Å²) >= 11 is 0. The lowest BCUT2D eigenvalue weighted by molar-refractivity contribution is 0.0585. The van der Waals surface area contributed by atoms with Crippen molar-refractivity contribution in [2.75, 3.05) is 19.6 Å². The molecule has 0 aromatic rings. The molecule has 1 saturated heterocycles. The van der Waals surface area contributed by atoms with Crippen LogP contribution >= 0.6 is 0 Å². The highest BCUT2D eigenvalue weighted by molar-refractivity contribution is 4.88. The van der Waals surface area contributed by atoms with Gasteiger partial charge in [0.15, 0.2) is 0 Å². The molecule has 0 aromatic carbocycles. The van der Waals surface area contributed by atoms with Gasteiger partial charge < -0.3 is 5.32 Å². The fourth-order valence-electron chi connectivity index (χ4n) is 2.91. The van der Waals surface area contributed by atoms with Crippen molar-refractivity contribution < 1.29 is 0 Å². The van der Waals surface area contributed by atoms with E-state index in [-0.39, 0.29) is 0 Å². The van der Waals surface area contributed by atoms with E-state index in [0.717, 1.165) is 17.9 Å². The van der Waals surface area contributed by atoms with Crippen molar-refractivity contribution in [3.05, 3.63) is 0 Å². The first kappa shape index (κ1) is 12.0. The van der Waals surface area contributed by atoms with E-state index in [2.05, 4.69) is 44.8 Å². The van der Waals surface area contributed by atoms with Gasteiger partial charge in [0.05, 0.1) is 0 Å². The minimum Gasteiger partial charge on any atom is -0.316 e. The van der Waals surface area contributed by atoms with Crippen molar-refractivity contribution in [3.8, 4) is 0 Å². The SMILES string of the molecule is CCN(C(C)C)C1C(C)CNCC1C. The Morgan fingerprint density at radius 1 is 1.21 bits per heavy atom. The minimum atomic E-state index is 0.674. The molecule has 0 radical (unpaired) electrons. The van der Waals surface area contributed by atoms with E-state index in [4.69, 9.17) is 0 Å². The Morgan fingerprint density at radius 3 is 2.07 bits per heavy atom. The first-order valence-corrected chi connectivity index (χ1v) is 6.04. The molecule has 0 amide bonds. The zero-order valence-electron chi connectivity index (χ0n) is 10.4. The molecule has 1 aliphatic heterocycles. The summed E-state index contributed by atoms with van der Waals surface area (Å²) in [5.74, 6) is 1.56. The largest absolute Gasteiger partial charge is 0.316 e. The summed E-state index contributed by atoms with van der Waals surface area (Å²) in [5.41, 5.74) is 0. The second-order valence-corrected chi connectivity index (χ2v) is 5.03. The predicted molar refractivity (Wildman–Crippen MR) is 62.5 cm³/mol. The van der Waals surface area contributed by atoms with Crippen LogP contribution in [-0.4, -0.2) is 36.6 Å². The van der Waals surface area contributed by atoms with Crippen LogP contribution in [0.4, 0.5) is 0 Å². The number of nitrogens with one attached hydrogen (secondary N) is 1. The van der Waals surface area contributed by atoms with Gasteiger partial charge in [0.25, 0.3) is 0 Å². The maximum atomic E-state index is 3.51. The molecule has 1 rings (SSSR count). The highest BCUT2D eigenvalue weighted by Crippen LogP contribution is 2.24. The Balaban J connectivity index is 2.69. The quantitative estimate of drug-likeness (QED) is 0.746.